The van der Waals surface area contributed by atoms with Gasteiger partial charge in [0.15, 0.2) is 0 Å². The number of fused-ring (bicyclic) bond motifs is 1. The molecule has 1 aromatic carbocycles. The number of anilines is 1. The van der Waals surface area contributed by atoms with Crippen molar-refractivity contribution >= 4 is 23.6 Å². The zero-order valence-electron chi connectivity index (χ0n) is 14.1. The highest BCUT2D eigenvalue weighted by molar-refractivity contribution is 5.98. The molecular formula is C17H21N3O5. The van der Waals surface area contributed by atoms with Gasteiger partial charge in [0, 0.05) is 31.7 Å². The first-order valence-corrected chi connectivity index (χ1v) is 8.27. The molecule has 8 nitrogen and oxygen atoms in total. The Morgan fingerprint density at radius 3 is 2.72 bits per heavy atom. The summed E-state index contributed by atoms with van der Waals surface area (Å²) in [7, 11) is 1.35. The number of hydrogen-bond acceptors (Lipinski definition) is 5. The van der Waals surface area contributed by atoms with Crippen molar-refractivity contribution in [1.82, 2.24) is 9.80 Å². The Hall–Kier alpha value is -2.77. The SMILES string of the molecule is COC(=O)N1CCCN(C(=O)c2ccc3c(c2)NC(=O)CCO3)CC1. The molecule has 0 bridgehead atoms. The summed E-state index contributed by atoms with van der Waals surface area (Å²) in [6.07, 6.45) is 0.596. The molecule has 8 heteroatoms. The maximum Gasteiger partial charge on any atom is 0.409 e. The Morgan fingerprint density at radius 2 is 1.92 bits per heavy atom. The largest absolute Gasteiger partial charge is 0.491 e. The second-order valence-electron chi connectivity index (χ2n) is 5.96. The molecule has 0 spiro atoms. The fourth-order valence-corrected chi connectivity index (χ4v) is 2.97. The number of carbonyl (C=O) groups is 3. The van der Waals surface area contributed by atoms with E-state index >= 15 is 0 Å². The van der Waals surface area contributed by atoms with Crippen LogP contribution in [0, 0.1) is 0 Å². The van der Waals surface area contributed by atoms with E-state index in [1.165, 1.54) is 7.11 Å². The molecule has 1 aromatic rings. The third-order valence-electron chi connectivity index (χ3n) is 4.30. The maximum absolute atomic E-state index is 12.8. The fourth-order valence-electron chi connectivity index (χ4n) is 2.97. The van der Waals surface area contributed by atoms with Gasteiger partial charge in [-0.15, -0.1) is 0 Å². The average molecular weight is 347 g/mol. The Morgan fingerprint density at radius 1 is 1.16 bits per heavy atom. The molecule has 0 aromatic heterocycles. The van der Waals surface area contributed by atoms with Gasteiger partial charge in [0.25, 0.3) is 5.91 Å². The summed E-state index contributed by atoms with van der Waals surface area (Å²) >= 11 is 0. The lowest BCUT2D eigenvalue weighted by atomic mass is 10.1. The van der Waals surface area contributed by atoms with Gasteiger partial charge in [0.2, 0.25) is 5.91 Å². The standard InChI is InChI=1S/C17H21N3O5/c1-24-17(23)20-7-2-6-19(8-9-20)16(22)12-3-4-14-13(11-12)18-15(21)5-10-25-14/h3-4,11H,2,5-10H2,1H3,(H,18,21). The highest BCUT2D eigenvalue weighted by atomic mass is 16.5. The molecule has 25 heavy (non-hydrogen) atoms. The number of rotatable bonds is 1. The van der Waals surface area contributed by atoms with Crippen LogP contribution in [0.4, 0.5) is 10.5 Å². The summed E-state index contributed by atoms with van der Waals surface area (Å²) in [5.41, 5.74) is 0.996. The number of nitrogens with one attached hydrogen (secondary N) is 1. The summed E-state index contributed by atoms with van der Waals surface area (Å²) in [5.74, 6) is 0.301. The van der Waals surface area contributed by atoms with Crippen LogP contribution < -0.4 is 10.1 Å². The van der Waals surface area contributed by atoms with Crippen molar-refractivity contribution < 1.29 is 23.9 Å². The molecule has 1 saturated heterocycles. The number of amides is 3. The van der Waals surface area contributed by atoms with Gasteiger partial charge in [-0.3, -0.25) is 9.59 Å². The third-order valence-corrected chi connectivity index (χ3v) is 4.30. The van der Waals surface area contributed by atoms with Gasteiger partial charge in [0.1, 0.15) is 5.75 Å². The second kappa shape index (κ2) is 7.42. The van der Waals surface area contributed by atoms with Crippen molar-refractivity contribution in [2.75, 3.05) is 45.2 Å². The first-order chi connectivity index (χ1) is 12.1. The summed E-state index contributed by atoms with van der Waals surface area (Å²) in [6.45, 7) is 2.31. The lowest BCUT2D eigenvalue weighted by Gasteiger charge is -2.22. The van der Waals surface area contributed by atoms with E-state index in [1.807, 2.05) is 0 Å². The van der Waals surface area contributed by atoms with Crippen LogP contribution in [0.15, 0.2) is 18.2 Å². The van der Waals surface area contributed by atoms with Crippen LogP contribution in [-0.4, -0.2) is 67.6 Å². The van der Waals surface area contributed by atoms with Gasteiger partial charge in [-0.2, -0.15) is 0 Å². The second-order valence-corrected chi connectivity index (χ2v) is 5.96. The topological polar surface area (TPSA) is 88.2 Å². The van der Waals surface area contributed by atoms with E-state index in [2.05, 4.69) is 5.32 Å². The summed E-state index contributed by atoms with van der Waals surface area (Å²) in [4.78, 5) is 39.4. The van der Waals surface area contributed by atoms with Crippen LogP contribution in [0.25, 0.3) is 0 Å². The predicted octanol–water partition coefficient (Wildman–Crippen LogP) is 1.32. The molecule has 0 unspecified atom stereocenters. The molecular weight excluding hydrogens is 326 g/mol. The number of carbonyl (C=O) groups excluding carboxylic acids is 3. The molecule has 134 valence electrons. The van der Waals surface area contributed by atoms with Gasteiger partial charge in [-0.05, 0) is 24.6 Å². The third kappa shape index (κ3) is 3.84. The molecule has 3 amide bonds. The van der Waals surface area contributed by atoms with E-state index in [0.29, 0.717) is 56.2 Å². The molecule has 1 fully saturated rings. The minimum Gasteiger partial charge on any atom is -0.491 e. The van der Waals surface area contributed by atoms with Crippen LogP contribution in [0.3, 0.4) is 0 Å². The number of nitrogens with zero attached hydrogens (tertiary/aromatic N) is 2. The molecule has 3 rings (SSSR count). The molecule has 0 atom stereocenters. The van der Waals surface area contributed by atoms with Gasteiger partial charge < -0.3 is 24.6 Å². The maximum atomic E-state index is 12.8. The van der Waals surface area contributed by atoms with Crippen molar-refractivity contribution in [1.29, 1.82) is 0 Å². The summed E-state index contributed by atoms with van der Waals surface area (Å²) < 4.78 is 10.2. The van der Waals surface area contributed by atoms with E-state index in [1.54, 1.807) is 28.0 Å². The van der Waals surface area contributed by atoms with Crippen molar-refractivity contribution in [2.24, 2.45) is 0 Å². The molecule has 2 heterocycles. The first kappa shape index (κ1) is 17.1. The fraction of sp³-hybridized carbons (Fsp3) is 0.471. The monoisotopic (exact) mass is 347 g/mol. The zero-order chi connectivity index (χ0) is 17.8. The van der Waals surface area contributed by atoms with Crippen molar-refractivity contribution in [3.8, 4) is 5.75 Å². The Labute approximate surface area is 145 Å². The van der Waals surface area contributed by atoms with Gasteiger partial charge in [0.05, 0.1) is 25.8 Å². The van der Waals surface area contributed by atoms with Crippen molar-refractivity contribution in [3.63, 3.8) is 0 Å². The van der Waals surface area contributed by atoms with Crippen molar-refractivity contribution in [2.45, 2.75) is 12.8 Å². The van der Waals surface area contributed by atoms with E-state index in [4.69, 9.17) is 9.47 Å². The van der Waals surface area contributed by atoms with E-state index < -0.39 is 0 Å². The van der Waals surface area contributed by atoms with Crippen molar-refractivity contribution in [3.05, 3.63) is 23.8 Å². The minimum atomic E-state index is -0.376. The average Bonchev–Trinajstić information content (AvgIpc) is 2.97. The number of hydrogen-bond donors (Lipinski definition) is 1. The summed E-state index contributed by atoms with van der Waals surface area (Å²) in [6, 6.07) is 5.04. The van der Waals surface area contributed by atoms with E-state index in [-0.39, 0.29) is 24.3 Å². The summed E-state index contributed by atoms with van der Waals surface area (Å²) in [5, 5.41) is 2.76. The first-order valence-electron chi connectivity index (χ1n) is 8.27. The molecule has 0 saturated carbocycles. The number of benzene rings is 1. The molecule has 2 aliphatic heterocycles. The minimum absolute atomic E-state index is 0.131. The molecule has 0 radical (unpaired) electrons. The molecule has 1 N–H and O–H groups in total. The van der Waals surface area contributed by atoms with E-state index in [9.17, 15) is 14.4 Å². The highest BCUT2D eigenvalue weighted by Gasteiger charge is 2.24. The molecule has 2 aliphatic rings. The van der Waals surface area contributed by atoms with E-state index in [0.717, 1.165) is 0 Å². The number of ether oxygens (including phenoxy) is 2. The van der Waals surface area contributed by atoms with Crippen LogP contribution >= 0.6 is 0 Å². The zero-order valence-corrected chi connectivity index (χ0v) is 14.1. The van der Waals surface area contributed by atoms with Gasteiger partial charge in [-0.1, -0.05) is 0 Å². The Balaban J connectivity index is 1.73. The van der Waals surface area contributed by atoms with Crippen LogP contribution in [0.5, 0.6) is 5.75 Å². The van der Waals surface area contributed by atoms with Gasteiger partial charge in [-0.25, -0.2) is 4.79 Å². The van der Waals surface area contributed by atoms with Crippen LogP contribution in [0.2, 0.25) is 0 Å². The van der Waals surface area contributed by atoms with Gasteiger partial charge >= 0.3 is 6.09 Å². The quantitative estimate of drug-likeness (QED) is 0.828. The normalized spacial score (nSPS) is 17.6. The number of methoxy groups -OCH3 is 1. The lowest BCUT2D eigenvalue weighted by molar-refractivity contribution is -0.116. The smallest absolute Gasteiger partial charge is 0.409 e. The lowest BCUT2D eigenvalue weighted by Crippen LogP contribution is -2.37. The predicted molar refractivity (Wildman–Crippen MR) is 89.7 cm³/mol. The Kier molecular flexibility index (Phi) is 5.06. The Bertz CT molecular complexity index is 691. The molecule has 0 aliphatic carbocycles. The van der Waals surface area contributed by atoms with Crippen LogP contribution in [-0.2, 0) is 9.53 Å². The highest BCUT2D eigenvalue weighted by Crippen LogP contribution is 2.28. The van der Waals surface area contributed by atoms with Crippen LogP contribution in [0.1, 0.15) is 23.2 Å².